The monoisotopic (exact) mass is 289 g/mol. The topological polar surface area (TPSA) is 56.1 Å². The molecule has 0 spiro atoms. The van der Waals surface area contributed by atoms with Crippen molar-refractivity contribution in [1.82, 2.24) is 19.7 Å². The molecule has 1 fully saturated rings. The van der Waals surface area contributed by atoms with Gasteiger partial charge in [-0.15, -0.1) is 0 Å². The average Bonchev–Trinajstić information content (AvgIpc) is 2.72. The number of aryl methyl sites for hydroxylation is 3. The van der Waals surface area contributed by atoms with Crippen LogP contribution in [0.4, 0.5) is 5.82 Å². The van der Waals surface area contributed by atoms with Gasteiger partial charge in [-0.25, -0.2) is 9.97 Å². The van der Waals surface area contributed by atoms with Crippen LogP contribution in [0.5, 0.6) is 0 Å². The Bertz CT molecular complexity index is 656. The molecule has 2 aromatic heterocycles. The van der Waals surface area contributed by atoms with Crippen LogP contribution < -0.4 is 4.90 Å². The van der Waals surface area contributed by atoms with E-state index >= 15 is 0 Å². The molecule has 0 radical (unpaired) electrons. The number of ether oxygens (including phenoxy) is 1. The van der Waals surface area contributed by atoms with Crippen molar-refractivity contribution in [2.24, 2.45) is 7.05 Å². The summed E-state index contributed by atoms with van der Waals surface area (Å²) in [5.74, 6) is 1.82. The lowest BCUT2D eigenvalue weighted by Gasteiger charge is -2.36. The first-order chi connectivity index (χ1) is 9.99. The summed E-state index contributed by atoms with van der Waals surface area (Å²) >= 11 is 0. The van der Waals surface area contributed by atoms with E-state index in [0.717, 1.165) is 47.9 Å². The molecule has 0 aromatic carbocycles. The molecule has 0 N–H and O–H groups in total. The number of aromatic nitrogens is 4. The molecule has 6 heteroatoms. The van der Waals surface area contributed by atoms with Gasteiger partial charge in [0.2, 0.25) is 0 Å². The van der Waals surface area contributed by atoms with E-state index in [1.807, 2.05) is 11.7 Å². The fourth-order valence-corrected chi connectivity index (χ4v) is 2.94. The summed E-state index contributed by atoms with van der Waals surface area (Å²) in [5.41, 5.74) is 2.94. The summed E-state index contributed by atoms with van der Waals surface area (Å²) in [6.07, 6.45) is 1.23. The Labute approximate surface area is 125 Å². The minimum atomic E-state index is 0.202. The Morgan fingerprint density at radius 1 is 1.14 bits per heavy atom. The van der Waals surface area contributed by atoms with Crippen LogP contribution >= 0.6 is 0 Å². The second-order valence-electron chi connectivity index (χ2n) is 5.89. The first kappa shape index (κ1) is 14.3. The van der Waals surface area contributed by atoms with Gasteiger partial charge in [-0.3, -0.25) is 4.68 Å². The van der Waals surface area contributed by atoms with Crippen molar-refractivity contribution in [3.05, 3.63) is 11.5 Å². The number of hydrogen-bond donors (Lipinski definition) is 0. The standard InChI is InChI=1S/C15H23N5O/c1-6-12-16-13-11(4)19(5)18-14(13)15(17-12)20-7-9(2)21-10(3)8-20/h9-10H,6-8H2,1-5H3/t9-,10+. The van der Waals surface area contributed by atoms with Crippen molar-refractivity contribution in [2.75, 3.05) is 18.0 Å². The normalized spacial score (nSPS) is 23.0. The molecule has 1 aliphatic heterocycles. The van der Waals surface area contributed by atoms with E-state index in [4.69, 9.17) is 9.72 Å². The van der Waals surface area contributed by atoms with E-state index in [9.17, 15) is 0 Å². The van der Waals surface area contributed by atoms with Crippen LogP contribution in [0.15, 0.2) is 0 Å². The summed E-state index contributed by atoms with van der Waals surface area (Å²) in [4.78, 5) is 11.7. The van der Waals surface area contributed by atoms with Crippen LogP contribution in [-0.4, -0.2) is 45.0 Å². The van der Waals surface area contributed by atoms with E-state index in [1.54, 1.807) is 0 Å². The van der Waals surface area contributed by atoms with Crippen molar-refractivity contribution in [2.45, 2.75) is 46.3 Å². The van der Waals surface area contributed by atoms with Crippen LogP contribution in [0.2, 0.25) is 0 Å². The summed E-state index contributed by atoms with van der Waals surface area (Å²) in [5, 5.41) is 4.62. The van der Waals surface area contributed by atoms with Gasteiger partial charge in [0.15, 0.2) is 11.3 Å². The SMILES string of the molecule is CCc1nc(N2C[C@@H](C)O[C@@H](C)C2)c2nn(C)c(C)c2n1. The molecule has 0 bridgehead atoms. The molecule has 114 valence electrons. The predicted molar refractivity (Wildman–Crippen MR) is 82.6 cm³/mol. The molecular weight excluding hydrogens is 266 g/mol. The van der Waals surface area contributed by atoms with Gasteiger partial charge in [0.25, 0.3) is 0 Å². The highest BCUT2D eigenvalue weighted by atomic mass is 16.5. The minimum absolute atomic E-state index is 0.202. The lowest BCUT2D eigenvalue weighted by Crippen LogP contribution is -2.46. The zero-order valence-corrected chi connectivity index (χ0v) is 13.4. The molecular formula is C15H23N5O. The Hall–Kier alpha value is -1.69. The van der Waals surface area contributed by atoms with E-state index in [-0.39, 0.29) is 12.2 Å². The van der Waals surface area contributed by atoms with Gasteiger partial charge < -0.3 is 9.64 Å². The third kappa shape index (κ3) is 2.48. The fraction of sp³-hybridized carbons (Fsp3) is 0.667. The van der Waals surface area contributed by atoms with Gasteiger partial charge in [0, 0.05) is 26.6 Å². The van der Waals surface area contributed by atoms with Crippen LogP contribution in [0.1, 0.15) is 32.3 Å². The zero-order chi connectivity index (χ0) is 15.1. The molecule has 0 unspecified atom stereocenters. The molecule has 3 rings (SSSR count). The van der Waals surface area contributed by atoms with Crippen molar-refractivity contribution >= 4 is 16.9 Å². The van der Waals surface area contributed by atoms with Crippen LogP contribution in [0.25, 0.3) is 11.0 Å². The molecule has 3 heterocycles. The number of nitrogens with zero attached hydrogens (tertiary/aromatic N) is 5. The quantitative estimate of drug-likeness (QED) is 0.844. The van der Waals surface area contributed by atoms with Gasteiger partial charge >= 0.3 is 0 Å². The average molecular weight is 289 g/mol. The fourth-order valence-electron chi connectivity index (χ4n) is 2.94. The number of morpholine rings is 1. The second kappa shape index (κ2) is 5.26. The third-order valence-electron chi connectivity index (χ3n) is 4.03. The minimum Gasteiger partial charge on any atom is -0.372 e. The van der Waals surface area contributed by atoms with Crippen molar-refractivity contribution in [3.8, 4) is 0 Å². The van der Waals surface area contributed by atoms with Crippen LogP contribution in [0, 0.1) is 6.92 Å². The lowest BCUT2D eigenvalue weighted by atomic mass is 10.2. The highest BCUT2D eigenvalue weighted by Crippen LogP contribution is 2.27. The molecule has 1 saturated heterocycles. The Morgan fingerprint density at radius 3 is 2.43 bits per heavy atom. The summed E-state index contributed by atoms with van der Waals surface area (Å²) in [6, 6.07) is 0. The van der Waals surface area contributed by atoms with Gasteiger partial charge in [0.05, 0.1) is 17.9 Å². The Kier molecular flexibility index (Phi) is 3.57. The second-order valence-corrected chi connectivity index (χ2v) is 5.89. The highest BCUT2D eigenvalue weighted by molar-refractivity contribution is 5.87. The van der Waals surface area contributed by atoms with E-state index in [1.165, 1.54) is 0 Å². The van der Waals surface area contributed by atoms with Crippen LogP contribution in [-0.2, 0) is 18.2 Å². The molecule has 2 atom stereocenters. The van der Waals surface area contributed by atoms with Crippen molar-refractivity contribution in [1.29, 1.82) is 0 Å². The maximum absolute atomic E-state index is 5.82. The zero-order valence-electron chi connectivity index (χ0n) is 13.4. The van der Waals surface area contributed by atoms with E-state index in [0.29, 0.717) is 0 Å². The molecule has 0 saturated carbocycles. The maximum atomic E-state index is 5.82. The van der Waals surface area contributed by atoms with Crippen molar-refractivity contribution < 1.29 is 4.74 Å². The molecule has 6 nitrogen and oxygen atoms in total. The van der Waals surface area contributed by atoms with Gasteiger partial charge in [0.1, 0.15) is 11.3 Å². The first-order valence-corrected chi connectivity index (χ1v) is 7.60. The van der Waals surface area contributed by atoms with Crippen LogP contribution in [0.3, 0.4) is 0 Å². The third-order valence-corrected chi connectivity index (χ3v) is 4.03. The lowest BCUT2D eigenvalue weighted by molar-refractivity contribution is -0.00539. The number of hydrogen-bond acceptors (Lipinski definition) is 5. The predicted octanol–water partition coefficient (Wildman–Crippen LogP) is 1.85. The summed E-state index contributed by atoms with van der Waals surface area (Å²) in [6.45, 7) is 10.0. The maximum Gasteiger partial charge on any atom is 0.161 e. The number of rotatable bonds is 2. The van der Waals surface area contributed by atoms with E-state index in [2.05, 4.69) is 42.7 Å². The molecule has 0 amide bonds. The molecule has 21 heavy (non-hydrogen) atoms. The number of anilines is 1. The largest absolute Gasteiger partial charge is 0.372 e. The Balaban J connectivity index is 2.14. The van der Waals surface area contributed by atoms with Gasteiger partial charge in [-0.2, -0.15) is 5.10 Å². The smallest absolute Gasteiger partial charge is 0.161 e. The molecule has 0 aliphatic carbocycles. The van der Waals surface area contributed by atoms with Gasteiger partial charge in [-0.05, 0) is 20.8 Å². The summed E-state index contributed by atoms with van der Waals surface area (Å²) < 4.78 is 7.71. The van der Waals surface area contributed by atoms with Crippen molar-refractivity contribution in [3.63, 3.8) is 0 Å². The molecule has 2 aromatic rings. The Morgan fingerprint density at radius 2 is 1.81 bits per heavy atom. The van der Waals surface area contributed by atoms with Gasteiger partial charge in [-0.1, -0.05) is 6.92 Å². The number of fused-ring (bicyclic) bond motifs is 1. The summed E-state index contributed by atoms with van der Waals surface area (Å²) in [7, 11) is 1.96. The highest BCUT2D eigenvalue weighted by Gasteiger charge is 2.26. The first-order valence-electron chi connectivity index (χ1n) is 7.60. The molecule has 1 aliphatic rings. The van der Waals surface area contributed by atoms with E-state index < -0.39 is 0 Å².